The molecule has 6 nitrogen and oxygen atoms in total. The minimum absolute atomic E-state index is 0.0349. The Kier molecular flexibility index (Phi) is 4.67. The quantitative estimate of drug-likeness (QED) is 0.864. The molecule has 1 amide bonds. The molecule has 0 radical (unpaired) electrons. The van der Waals surface area contributed by atoms with Crippen LogP contribution in [0.1, 0.15) is 32.1 Å². The predicted molar refractivity (Wildman–Crippen MR) is 76.9 cm³/mol. The van der Waals surface area contributed by atoms with E-state index in [0.29, 0.717) is 11.0 Å². The molecule has 1 aromatic rings. The normalized spacial score (nSPS) is 28.7. The standard InChI is InChI=1S/C14H18ClN3O3/c15-11-7-12(17-8-16-11)18-14(19)9-5-10(6-9)21-13-3-1-2-4-20-13/h7-10,13H,1-6H2,(H,16,17,18,19). The maximum absolute atomic E-state index is 12.0. The molecule has 1 saturated carbocycles. The van der Waals surface area contributed by atoms with Gasteiger partial charge in [0.15, 0.2) is 6.29 Å². The van der Waals surface area contributed by atoms with E-state index < -0.39 is 0 Å². The molecule has 2 heterocycles. The Balaban J connectivity index is 1.42. The van der Waals surface area contributed by atoms with Gasteiger partial charge >= 0.3 is 0 Å². The molecule has 1 aliphatic carbocycles. The molecule has 1 atom stereocenters. The Morgan fingerprint density at radius 2 is 2.24 bits per heavy atom. The Labute approximate surface area is 128 Å². The summed E-state index contributed by atoms with van der Waals surface area (Å²) in [5, 5.41) is 3.06. The van der Waals surface area contributed by atoms with Gasteiger partial charge in [-0.2, -0.15) is 0 Å². The molecule has 0 aromatic carbocycles. The van der Waals surface area contributed by atoms with Crippen LogP contribution in [0.3, 0.4) is 0 Å². The number of amides is 1. The smallest absolute Gasteiger partial charge is 0.228 e. The number of rotatable bonds is 4. The zero-order chi connectivity index (χ0) is 14.7. The molecule has 2 aliphatic rings. The Morgan fingerprint density at radius 1 is 1.38 bits per heavy atom. The van der Waals surface area contributed by atoms with Crippen LogP contribution in [0.5, 0.6) is 0 Å². The van der Waals surface area contributed by atoms with E-state index in [0.717, 1.165) is 38.7 Å². The first-order valence-corrected chi connectivity index (χ1v) is 7.64. The third kappa shape index (κ3) is 3.90. The van der Waals surface area contributed by atoms with Crippen molar-refractivity contribution in [3.63, 3.8) is 0 Å². The van der Waals surface area contributed by atoms with Crippen molar-refractivity contribution in [3.05, 3.63) is 17.5 Å². The maximum atomic E-state index is 12.0. The topological polar surface area (TPSA) is 73.3 Å². The van der Waals surface area contributed by atoms with Crippen molar-refractivity contribution in [1.29, 1.82) is 0 Å². The maximum Gasteiger partial charge on any atom is 0.228 e. The number of halogens is 1. The first-order chi connectivity index (χ1) is 10.2. The van der Waals surface area contributed by atoms with Crippen LogP contribution in [-0.4, -0.2) is 34.9 Å². The molecule has 21 heavy (non-hydrogen) atoms. The SMILES string of the molecule is O=C(Nc1cc(Cl)ncn1)C1CC(OC2CCCCO2)C1. The molecule has 1 unspecified atom stereocenters. The molecule has 0 bridgehead atoms. The molecular formula is C14H18ClN3O3. The summed E-state index contributed by atoms with van der Waals surface area (Å²) < 4.78 is 11.4. The van der Waals surface area contributed by atoms with Crippen molar-refractivity contribution in [3.8, 4) is 0 Å². The fraction of sp³-hybridized carbons (Fsp3) is 0.643. The van der Waals surface area contributed by atoms with Crippen molar-refractivity contribution in [1.82, 2.24) is 9.97 Å². The number of anilines is 1. The molecule has 3 rings (SSSR count). The summed E-state index contributed by atoms with van der Waals surface area (Å²) in [5.41, 5.74) is 0. The third-order valence-corrected chi connectivity index (χ3v) is 4.04. The van der Waals surface area contributed by atoms with E-state index >= 15 is 0 Å². The van der Waals surface area contributed by atoms with Gasteiger partial charge in [0, 0.05) is 18.6 Å². The Morgan fingerprint density at radius 3 is 2.95 bits per heavy atom. The summed E-state index contributed by atoms with van der Waals surface area (Å²) in [4.78, 5) is 19.8. The van der Waals surface area contributed by atoms with Crippen LogP contribution in [0, 0.1) is 5.92 Å². The van der Waals surface area contributed by atoms with E-state index in [2.05, 4.69) is 15.3 Å². The second kappa shape index (κ2) is 6.68. The van der Waals surface area contributed by atoms with Crippen LogP contribution >= 0.6 is 11.6 Å². The first-order valence-electron chi connectivity index (χ1n) is 7.26. The molecular weight excluding hydrogens is 294 g/mol. The van der Waals surface area contributed by atoms with Crippen molar-refractivity contribution in [2.24, 2.45) is 5.92 Å². The Hall–Kier alpha value is -1.24. The van der Waals surface area contributed by atoms with Crippen molar-refractivity contribution >= 4 is 23.3 Å². The largest absolute Gasteiger partial charge is 0.353 e. The number of nitrogens with zero attached hydrogens (tertiary/aromatic N) is 2. The zero-order valence-electron chi connectivity index (χ0n) is 11.6. The molecule has 0 spiro atoms. The number of ether oxygens (including phenoxy) is 2. The highest BCUT2D eigenvalue weighted by Crippen LogP contribution is 2.33. The zero-order valence-corrected chi connectivity index (χ0v) is 12.4. The predicted octanol–water partition coefficient (Wildman–Crippen LogP) is 2.39. The third-order valence-electron chi connectivity index (χ3n) is 3.83. The highest BCUT2D eigenvalue weighted by atomic mass is 35.5. The van der Waals surface area contributed by atoms with Gasteiger partial charge in [0.05, 0.1) is 6.10 Å². The molecule has 1 N–H and O–H groups in total. The number of carbonyl (C=O) groups is 1. The van der Waals surface area contributed by atoms with Crippen LogP contribution in [-0.2, 0) is 14.3 Å². The average molecular weight is 312 g/mol. The van der Waals surface area contributed by atoms with E-state index in [1.165, 1.54) is 12.4 Å². The average Bonchev–Trinajstić information content (AvgIpc) is 2.43. The monoisotopic (exact) mass is 311 g/mol. The van der Waals surface area contributed by atoms with Crippen LogP contribution in [0.25, 0.3) is 0 Å². The molecule has 1 saturated heterocycles. The van der Waals surface area contributed by atoms with Gasteiger partial charge in [-0.3, -0.25) is 4.79 Å². The first kappa shape index (κ1) is 14.7. The lowest BCUT2D eigenvalue weighted by molar-refractivity contribution is -0.209. The van der Waals surface area contributed by atoms with E-state index in [1.54, 1.807) is 0 Å². The van der Waals surface area contributed by atoms with Gasteiger partial charge in [-0.1, -0.05) is 11.6 Å². The van der Waals surface area contributed by atoms with Crippen LogP contribution in [0.4, 0.5) is 5.82 Å². The van der Waals surface area contributed by atoms with Gasteiger partial charge in [0.2, 0.25) is 5.91 Å². The summed E-state index contributed by atoms with van der Waals surface area (Å²) in [7, 11) is 0. The van der Waals surface area contributed by atoms with Gasteiger partial charge in [0.25, 0.3) is 0 Å². The molecule has 2 fully saturated rings. The highest BCUT2D eigenvalue weighted by Gasteiger charge is 2.37. The minimum Gasteiger partial charge on any atom is -0.353 e. The summed E-state index contributed by atoms with van der Waals surface area (Å²) in [6, 6.07) is 1.53. The Bertz CT molecular complexity index is 502. The number of aromatic nitrogens is 2. The lowest BCUT2D eigenvalue weighted by atomic mass is 9.81. The van der Waals surface area contributed by atoms with Crippen LogP contribution < -0.4 is 5.32 Å². The van der Waals surface area contributed by atoms with E-state index in [4.69, 9.17) is 21.1 Å². The van der Waals surface area contributed by atoms with E-state index in [1.807, 2.05) is 0 Å². The fourth-order valence-electron chi connectivity index (χ4n) is 2.55. The fourth-order valence-corrected chi connectivity index (χ4v) is 2.70. The summed E-state index contributed by atoms with van der Waals surface area (Å²) in [5.74, 6) is 0.349. The summed E-state index contributed by atoms with van der Waals surface area (Å²) in [6.45, 7) is 0.774. The summed E-state index contributed by atoms with van der Waals surface area (Å²) >= 11 is 5.75. The number of nitrogens with one attached hydrogen (secondary N) is 1. The summed E-state index contributed by atoms with van der Waals surface area (Å²) in [6.07, 6.45) is 6.02. The number of hydrogen-bond acceptors (Lipinski definition) is 5. The number of carbonyl (C=O) groups excluding carboxylic acids is 1. The van der Waals surface area contributed by atoms with E-state index in [9.17, 15) is 4.79 Å². The second-order valence-corrected chi connectivity index (χ2v) is 5.83. The highest BCUT2D eigenvalue weighted by molar-refractivity contribution is 6.29. The molecule has 1 aromatic heterocycles. The molecule has 114 valence electrons. The van der Waals surface area contributed by atoms with Crippen LogP contribution in [0.2, 0.25) is 5.15 Å². The molecule has 7 heteroatoms. The van der Waals surface area contributed by atoms with Gasteiger partial charge < -0.3 is 14.8 Å². The van der Waals surface area contributed by atoms with Crippen LogP contribution in [0.15, 0.2) is 12.4 Å². The van der Waals surface area contributed by atoms with Gasteiger partial charge in [-0.25, -0.2) is 9.97 Å². The second-order valence-electron chi connectivity index (χ2n) is 5.44. The van der Waals surface area contributed by atoms with E-state index in [-0.39, 0.29) is 24.2 Å². The van der Waals surface area contributed by atoms with Gasteiger partial charge in [-0.15, -0.1) is 0 Å². The number of hydrogen-bond donors (Lipinski definition) is 1. The molecule has 1 aliphatic heterocycles. The van der Waals surface area contributed by atoms with Crippen molar-refractivity contribution < 1.29 is 14.3 Å². The lowest BCUT2D eigenvalue weighted by Crippen LogP contribution is -2.42. The van der Waals surface area contributed by atoms with Crippen molar-refractivity contribution in [2.75, 3.05) is 11.9 Å². The van der Waals surface area contributed by atoms with Crippen molar-refractivity contribution in [2.45, 2.75) is 44.5 Å². The van der Waals surface area contributed by atoms with Gasteiger partial charge in [-0.05, 0) is 32.1 Å². The lowest BCUT2D eigenvalue weighted by Gasteiger charge is -2.37. The van der Waals surface area contributed by atoms with Gasteiger partial charge in [0.1, 0.15) is 17.3 Å². The minimum atomic E-state index is -0.0894.